The van der Waals surface area contributed by atoms with E-state index in [4.69, 9.17) is 7.85 Å². The van der Waals surface area contributed by atoms with Crippen molar-refractivity contribution >= 4 is 50.2 Å². The highest BCUT2D eigenvalue weighted by atomic mass is 32.2. The van der Waals surface area contributed by atoms with E-state index in [0.29, 0.717) is 26.7 Å². The van der Waals surface area contributed by atoms with Crippen molar-refractivity contribution in [2.24, 2.45) is 0 Å². The van der Waals surface area contributed by atoms with E-state index in [0.717, 1.165) is 5.39 Å². The van der Waals surface area contributed by atoms with Crippen LogP contribution < -0.4 is 10.3 Å². The summed E-state index contributed by atoms with van der Waals surface area (Å²) in [6, 6.07) is 11.2. The Morgan fingerprint density at radius 3 is 2.57 bits per heavy atom. The topological polar surface area (TPSA) is 99.3 Å². The van der Waals surface area contributed by atoms with Crippen molar-refractivity contribution in [2.75, 3.05) is 6.54 Å². The quantitative estimate of drug-likeness (QED) is 0.441. The number of hydrogen-bond acceptors (Lipinski definition) is 5. The number of phenolic OH excluding ortho intramolecular Hbond substituents is 1. The minimum absolute atomic E-state index is 0.0453. The van der Waals surface area contributed by atoms with Gasteiger partial charge in [0.15, 0.2) is 0 Å². The van der Waals surface area contributed by atoms with Crippen molar-refractivity contribution in [1.29, 1.82) is 0 Å². The van der Waals surface area contributed by atoms with Crippen molar-refractivity contribution in [3.05, 3.63) is 58.2 Å². The molecule has 28 heavy (non-hydrogen) atoms. The predicted molar refractivity (Wildman–Crippen MR) is 113 cm³/mol. The largest absolute Gasteiger partial charge is 0.507 e. The summed E-state index contributed by atoms with van der Waals surface area (Å²) < 4.78 is 27.5. The van der Waals surface area contributed by atoms with Crippen LogP contribution in [0.3, 0.4) is 0 Å². The summed E-state index contributed by atoms with van der Waals surface area (Å²) in [5.74, 6) is 0.0453. The molecule has 0 aliphatic heterocycles. The molecule has 0 spiro atoms. The van der Waals surface area contributed by atoms with Crippen LogP contribution in [0, 0.1) is 0 Å². The van der Waals surface area contributed by atoms with Gasteiger partial charge in [0.2, 0.25) is 10.0 Å². The van der Waals surface area contributed by atoms with Crippen LogP contribution in [0.15, 0.2) is 57.5 Å². The van der Waals surface area contributed by atoms with Crippen LogP contribution in [0.2, 0.25) is 6.32 Å². The second-order valence-corrected chi connectivity index (χ2v) is 8.89. The van der Waals surface area contributed by atoms with Gasteiger partial charge in [-0.05, 0) is 41.3 Å². The van der Waals surface area contributed by atoms with Gasteiger partial charge in [-0.1, -0.05) is 18.5 Å². The number of hydrogen-bond donors (Lipinski definition) is 3. The van der Waals surface area contributed by atoms with Crippen LogP contribution >= 0.6 is 11.3 Å². The number of thiophene rings is 1. The van der Waals surface area contributed by atoms with Gasteiger partial charge in [0.25, 0.3) is 5.56 Å². The molecule has 0 saturated heterocycles. The monoisotopic (exact) mass is 410 g/mol. The van der Waals surface area contributed by atoms with E-state index in [9.17, 15) is 18.3 Å². The Morgan fingerprint density at radius 2 is 1.86 bits per heavy atom. The maximum absolute atomic E-state index is 12.2. The van der Waals surface area contributed by atoms with Crippen molar-refractivity contribution in [2.45, 2.75) is 11.2 Å². The molecule has 3 N–H and O–H groups in total. The van der Waals surface area contributed by atoms with Crippen LogP contribution in [-0.4, -0.2) is 32.9 Å². The Balaban J connectivity index is 1.91. The second-order valence-electron chi connectivity index (χ2n) is 6.21. The Labute approximate surface area is 166 Å². The molecule has 0 atom stereocenters. The van der Waals surface area contributed by atoms with Gasteiger partial charge in [-0.3, -0.25) is 4.79 Å². The number of sulfonamides is 1. The number of aromatic nitrogens is 1. The predicted octanol–water partition coefficient (Wildman–Crippen LogP) is 2.98. The molecule has 4 aromatic rings. The number of aromatic hydroxyl groups is 1. The van der Waals surface area contributed by atoms with Gasteiger partial charge in [-0.2, -0.15) is 0 Å². The molecule has 0 bridgehead atoms. The van der Waals surface area contributed by atoms with Gasteiger partial charge < -0.3 is 10.1 Å². The van der Waals surface area contributed by atoms with E-state index in [1.54, 1.807) is 18.2 Å². The zero-order chi connectivity index (χ0) is 19.9. The Bertz CT molecular complexity index is 1340. The lowest BCUT2D eigenvalue weighted by atomic mass is 9.97. The highest BCUT2D eigenvalue weighted by Crippen LogP contribution is 2.39. The summed E-state index contributed by atoms with van der Waals surface area (Å²) in [5, 5.41) is 13.8. The second kappa shape index (κ2) is 7.08. The molecule has 2 radical (unpaired) electrons. The van der Waals surface area contributed by atoms with Gasteiger partial charge >= 0.3 is 0 Å². The highest BCUT2D eigenvalue weighted by molar-refractivity contribution is 7.89. The number of pyridine rings is 1. The average Bonchev–Trinajstić information content (AvgIpc) is 3.18. The first-order valence-electron chi connectivity index (χ1n) is 8.47. The molecule has 4 rings (SSSR count). The van der Waals surface area contributed by atoms with Gasteiger partial charge in [0.1, 0.15) is 10.4 Å². The molecular weight excluding hydrogens is 395 g/mol. The molecule has 0 amide bonds. The molecule has 2 aromatic heterocycles. The third-order valence-corrected chi connectivity index (χ3v) is 6.85. The standard InChI is InChI=1S/C19H15BN2O4S2/c20-8-9-21-28(25,26)12-3-1-11(2-4-12)16-15(23)6-5-14-17(16)13-7-10-27-18(13)19(24)22-14/h1-7,10,21,23H,8-9H2,(H,22,24). The van der Waals surface area contributed by atoms with Crippen molar-refractivity contribution in [1.82, 2.24) is 9.71 Å². The molecule has 0 fully saturated rings. The van der Waals surface area contributed by atoms with Crippen molar-refractivity contribution in [3.8, 4) is 16.9 Å². The zero-order valence-corrected chi connectivity index (χ0v) is 16.2. The Hall–Kier alpha value is -2.62. The first-order valence-corrected chi connectivity index (χ1v) is 10.8. The third kappa shape index (κ3) is 3.11. The SMILES string of the molecule is [B]CCNS(=O)(=O)c1ccc(-c2c(O)ccc3[nH]c(=O)c4sccc4c23)cc1. The smallest absolute Gasteiger partial charge is 0.266 e. The van der Waals surface area contributed by atoms with E-state index in [2.05, 4.69) is 9.71 Å². The average molecular weight is 410 g/mol. The molecule has 140 valence electrons. The fourth-order valence-corrected chi connectivity index (χ4v) is 5.05. The minimum Gasteiger partial charge on any atom is -0.507 e. The molecule has 9 heteroatoms. The van der Waals surface area contributed by atoms with E-state index in [-0.39, 0.29) is 29.1 Å². The highest BCUT2D eigenvalue weighted by Gasteiger charge is 2.17. The van der Waals surface area contributed by atoms with E-state index < -0.39 is 10.0 Å². The van der Waals surface area contributed by atoms with Gasteiger partial charge in [-0.25, -0.2) is 13.1 Å². The van der Waals surface area contributed by atoms with Crippen LogP contribution in [0.4, 0.5) is 0 Å². The van der Waals surface area contributed by atoms with Crippen LogP contribution in [-0.2, 0) is 10.0 Å². The normalized spacial score (nSPS) is 12.0. The molecule has 6 nitrogen and oxygen atoms in total. The maximum Gasteiger partial charge on any atom is 0.266 e. The number of rotatable bonds is 5. The minimum atomic E-state index is -3.64. The third-order valence-electron chi connectivity index (χ3n) is 4.46. The first kappa shape index (κ1) is 18.7. The number of H-pyrrole nitrogens is 1. The summed E-state index contributed by atoms with van der Waals surface area (Å²) >= 11 is 1.33. The first-order chi connectivity index (χ1) is 13.4. The van der Waals surface area contributed by atoms with Crippen molar-refractivity contribution < 1.29 is 13.5 Å². The van der Waals surface area contributed by atoms with Crippen LogP contribution in [0.25, 0.3) is 32.1 Å². The molecule has 0 aliphatic carbocycles. The summed E-state index contributed by atoms with van der Waals surface area (Å²) in [6.45, 7) is 0.150. The lowest BCUT2D eigenvalue weighted by molar-refractivity contribution is 0.478. The number of aromatic amines is 1. The summed E-state index contributed by atoms with van der Waals surface area (Å²) in [6.07, 6.45) is 0.204. The molecule has 0 aliphatic rings. The fourth-order valence-electron chi connectivity index (χ4n) is 3.21. The molecule has 2 heterocycles. The lowest BCUT2D eigenvalue weighted by Gasteiger charge is -2.12. The zero-order valence-electron chi connectivity index (χ0n) is 14.6. The van der Waals surface area contributed by atoms with Crippen LogP contribution in [0.1, 0.15) is 0 Å². The number of phenols is 1. The Morgan fingerprint density at radius 1 is 1.11 bits per heavy atom. The molecule has 0 unspecified atom stereocenters. The Kier molecular flexibility index (Phi) is 4.74. The lowest BCUT2D eigenvalue weighted by Crippen LogP contribution is -2.24. The van der Waals surface area contributed by atoms with Gasteiger partial charge in [0.05, 0.1) is 12.7 Å². The maximum atomic E-state index is 12.2. The molecule has 0 saturated carbocycles. The molecular formula is C19H15BN2O4S2. The number of nitrogens with one attached hydrogen (secondary N) is 2. The van der Waals surface area contributed by atoms with E-state index >= 15 is 0 Å². The van der Waals surface area contributed by atoms with Crippen LogP contribution in [0.5, 0.6) is 5.75 Å². The van der Waals surface area contributed by atoms with E-state index in [1.807, 2.05) is 11.4 Å². The number of benzene rings is 2. The summed E-state index contributed by atoms with van der Waals surface area (Å²) in [5.41, 5.74) is 1.60. The summed E-state index contributed by atoms with van der Waals surface area (Å²) in [4.78, 5) is 15.2. The summed E-state index contributed by atoms with van der Waals surface area (Å²) in [7, 11) is 1.71. The van der Waals surface area contributed by atoms with Gasteiger partial charge in [-0.15, -0.1) is 11.3 Å². The fraction of sp³-hybridized carbons (Fsp3) is 0.105. The van der Waals surface area contributed by atoms with Gasteiger partial charge in [0, 0.05) is 28.4 Å². The van der Waals surface area contributed by atoms with E-state index in [1.165, 1.54) is 29.5 Å². The number of fused-ring (bicyclic) bond motifs is 3. The molecule has 2 aromatic carbocycles. The van der Waals surface area contributed by atoms with Crippen molar-refractivity contribution in [3.63, 3.8) is 0 Å².